The van der Waals surface area contributed by atoms with Crippen LogP contribution in [0.2, 0.25) is 0 Å². The number of aliphatic hydroxyl groups excluding tert-OH is 4. The van der Waals surface area contributed by atoms with Crippen LogP contribution in [-0.4, -0.2) is 45.8 Å². The maximum Gasteiger partial charge on any atom is 0.0799 e. The fourth-order valence-corrected chi connectivity index (χ4v) is 2.02. The van der Waals surface area contributed by atoms with Gasteiger partial charge in [0.2, 0.25) is 0 Å². The Kier molecular flexibility index (Phi) is 13.2. The first-order valence-electron chi connectivity index (χ1n) is 7.30. The Morgan fingerprint density at radius 1 is 0.500 bits per heavy atom. The zero-order chi connectivity index (χ0) is 13.6. The molecule has 0 bridgehead atoms. The first-order valence-corrected chi connectivity index (χ1v) is 7.30. The Hall–Kier alpha value is -0.160. The Bertz CT molecular complexity index is 164. The van der Waals surface area contributed by atoms with Crippen molar-refractivity contribution in [2.75, 3.05) is 13.2 Å². The van der Waals surface area contributed by atoms with Crippen LogP contribution in [0.3, 0.4) is 0 Å². The van der Waals surface area contributed by atoms with Crippen LogP contribution in [0, 0.1) is 0 Å². The van der Waals surface area contributed by atoms with Gasteiger partial charge in [0.05, 0.1) is 12.2 Å². The zero-order valence-corrected chi connectivity index (χ0v) is 11.4. The molecule has 0 spiro atoms. The van der Waals surface area contributed by atoms with Gasteiger partial charge in [-0.05, 0) is 25.7 Å². The number of aliphatic hydroxyl groups is 4. The topological polar surface area (TPSA) is 80.9 Å². The lowest BCUT2D eigenvalue weighted by Crippen LogP contribution is -2.25. The molecule has 0 radical (unpaired) electrons. The summed E-state index contributed by atoms with van der Waals surface area (Å²) in [5.74, 6) is 0. The van der Waals surface area contributed by atoms with E-state index in [1.165, 1.54) is 0 Å². The van der Waals surface area contributed by atoms with E-state index in [0.29, 0.717) is 12.8 Å². The van der Waals surface area contributed by atoms with Gasteiger partial charge in [-0.3, -0.25) is 0 Å². The van der Waals surface area contributed by atoms with Crippen LogP contribution in [-0.2, 0) is 0 Å². The highest BCUT2D eigenvalue weighted by molar-refractivity contribution is 4.67. The summed E-state index contributed by atoms with van der Waals surface area (Å²) in [6.07, 6.45) is 7.52. The van der Waals surface area contributed by atoms with Crippen molar-refractivity contribution in [3.63, 3.8) is 0 Å². The molecule has 0 heterocycles. The summed E-state index contributed by atoms with van der Waals surface area (Å²) in [5, 5.41) is 36.7. The molecular formula is C14H30O4. The van der Waals surface area contributed by atoms with Crippen molar-refractivity contribution in [1.82, 2.24) is 0 Å². The Balaban J connectivity index is 3.35. The van der Waals surface area contributed by atoms with Crippen LogP contribution in [0.5, 0.6) is 0 Å². The van der Waals surface area contributed by atoms with Gasteiger partial charge >= 0.3 is 0 Å². The second kappa shape index (κ2) is 13.3. The van der Waals surface area contributed by atoms with Gasteiger partial charge in [-0.2, -0.15) is 0 Å². The lowest BCUT2D eigenvalue weighted by molar-refractivity contribution is 0.00699. The predicted molar refractivity (Wildman–Crippen MR) is 72.4 cm³/mol. The summed E-state index contributed by atoms with van der Waals surface area (Å²) < 4.78 is 0. The average molecular weight is 262 g/mol. The van der Waals surface area contributed by atoms with Gasteiger partial charge in [-0.25, -0.2) is 0 Å². The molecule has 2 atom stereocenters. The minimum Gasteiger partial charge on any atom is -0.396 e. The summed E-state index contributed by atoms with van der Waals surface area (Å²) >= 11 is 0. The van der Waals surface area contributed by atoms with E-state index in [1.807, 2.05) is 0 Å². The molecule has 0 aliphatic rings. The molecule has 0 saturated carbocycles. The minimum absolute atomic E-state index is 0.201. The zero-order valence-electron chi connectivity index (χ0n) is 11.4. The minimum atomic E-state index is -0.624. The van der Waals surface area contributed by atoms with Crippen molar-refractivity contribution in [3.8, 4) is 0 Å². The molecule has 18 heavy (non-hydrogen) atoms. The normalized spacial score (nSPS) is 14.7. The van der Waals surface area contributed by atoms with E-state index < -0.39 is 12.2 Å². The first-order chi connectivity index (χ1) is 8.72. The van der Waals surface area contributed by atoms with Crippen molar-refractivity contribution in [2.24, 2.45) is 0 Å². The van der Waals surface area contributed by atoms with E-state index >= 15 is 0 Å². The molecule has 0 aliphatic carbocycles. The molecule has 0 aliphatic heterocycles. The quantitative estimate of drug-likeness (QED) is 0.380. The molecule has 0 aromatic rings. The van der Waals surface area contributed by atoms with Gasteiger partial charge in [0.15, 0.2) is 0 Å². The Morgan fingerprint density at radius 3 is 1.28 bits per heavy atom. The van der Waals surface area contributed by atoms with Gasteiger partial charge in [0, 0.05) is 13.2 Å². The summed E-state index contributed by atoms with van der Waals surface area (Å²) in [6.45, 7) is 0.460. The van der Waals surface area contributed by atoms with Crippen LogP contribution in [0.15, 0.2) is 0 Å². The van der Waals surface area contributed by atoms with Crippen molar-refractivity contribution in [1.29, 1.82) is 0 Å². The SMILES string of the molecule is OCCCCCCCC(O)C(O)CCCCCO. The van der Waals surface area contributed by atoms with E-state index in [-0.39, 0.29) is 13.2 Å². The molecule has 4 nitrogen and oxygen atoms in total. The fourth-order valence-electron chi connectivity index (χ4n) is 2.02. The summed E-state index contributed by atoms with van der Waals surface area (Å²) in [7, 11) is 0. The van der Waals surface area contributed by atoms with Gasteiger partial charge in [-0.15, -0.1) is 0 Å². The standard InChI is InChI=1S/C14H30O4/c15-11-7-3-1-2-5-9-13(17)14(18)10-6-4-8-12-16/h13-18H,1-12H2. The highest BCUT2D eigenvalue weighted by atomic mass is 16.3. The molecule has 4 N–H and O–H groups in total. The van der Waals surface area contributed by atoms with Gasteiger partial charge < -0.3 is 20.4 Å². The van der Waals surface area contributed by atoms with Crippen LogP contribution < -0.4 is 0 Å². The summed E-state index contributed by atoms with van der Waals surface area (Å²) in [4.78, 5) is 0. The van der Waals surface area contributed by atoms with E-state index in [9.17, 15) is 10.2 Å². The van der Waals surface area contributed by atoms with Gasteiger partial charge in [0.25, 0.3) is 0 Å². The van der Waals surface area contributed by atoms with E-state index in [0.717, 1.165) is 51.4 Å². The van der Waals surface area contributed by atoms with E-state index in [4.69, 9.17) is 10.2 Å². The lowest BCUT2D eigenvalue weighted by Gasteiger charge is -2.17. The Labute approximate surface area is 111 Å². The molecule has 4 heteroatoms. The highest BCUT2D eigenvalue weighted by Gasteiger charge is 2.14. The molecule has 0 fully saturated rings. The smallest absolute Gasteiger partial charge is 0.0799 e. The van der Waals surface area contributed by atoms with E-state index in [2.05, 4.69) is 0 Å². The molecular weight excluding hydrogens is 232 g/mol. The van der Waals surface area contributed by atoms with Gasteiger partial charge in [0.1, 0.15) is 0 Å². The number of unbranched alkanes of at least 4 members (excludes halogenated alkanes) is 6. The fraction of sp³-hybridized carbons (Fsp3) is 1.00. The van der Waals surface area contributed by atoms with Gasteiger partial charge in [-0.1, -0.05) is 38.5 Å². The predicted octanol–water partition coefficient (Wildman–Crippen LogP) is 1.59. The van der Waals surface area contributed by atoms with Crippen LogP contribution >= 0.6 is 0 Å². The molecule has 110 valence electrons. The Morgan fingerprint density at radius 2 is 0.833 bits per heavy atom. The molecule has 2 unspecified atom stereocenters. The first kappa shape index (κ1) is 17.8. The maximum atomic E-state index is 9.74. The van der Waals surface area contributed by atoms with Crippen LogP contribution in [0.1, 0.15) is 64.2 Å². The van der Waals surface area contributed by atoms with Crippen molar-refractivity contribution < 1.29 is 20.4 Å². The van der Waals surface area contributed by atoms with Crippen molar-refractivity contribution in [2.45, 2.75) is 76.4 Å². The maximum absolute atomic E-state index is 9.74. The second-order valence-electron chi connectivity index (χ2n) is 4.99. The molecule has 0 saturated heterocycles. The lowest BCUT2D eigenvalue weighted by atomic mass is 10.0. The third kappa shape index (κ3) is 11.0. The molecule has 0 aromatic heterocycles. The third-order valence-electron chi connectivity index (χ3n) is 3.26. The summed E-state index contributed by atoms with van der Waals surface area (Å²) in [5.41, 5.74) is 0. The molecule has 0 rings (SSSR count). The third-order valence-corrected chi connectivity index (χ3v) is 3.26. The summed E-state index contributed by atoms with van der Waals surface area (Å²) in [6, 6.07) is 0. The number of hydrogen-bond donors (Lipinski definition) is 4. The van der Waals surface area contributed by atoms with Crippen LogP contribution in [0.4, 0.5) is 0 Å². The number of rotatable bonds is 13. The average Bonchev–Trinajstić information content (AvgIpc) is 2.38. The van der Waals surface area contributed by atoms with Crippen LogP contribution in [0.25, 0.3) is 0 Å². The highest BCUT2D eigenvalue weighted by Crippen LogP contribution is 2.13. The van der Waals surface area contributed by atoms with Crippen molar-refractivity contribution in [3.05, 3.63) is 0 Å². The number of hydrogen-bond acceptors (Lipinski definition) is 4. The largest absolute Gasteiger partial charge is 0.396 e. The van der Waals surface area contributed by atoms with E-state index in [1.54, 1.807) is 0 Å². The molecule has 0 amide bonds. The van der Waals surface area contributed by atoms with Crippen molar-refractivity contribution >= 4 is 0 Å². The molecule has 0 aromatic carbocycles. The monoisotopic (exact) mass is 262 g/mol. The second-order valence-corrected chi connectivity index (χ2v) is 4.99.